The van der Waals surface area contributed by atoms with Crippen LogP contribution in [0.5, 0.6) is 17.2 Å². The summed E-state index contributed by atoms with van der Waals surface area (Å²) in [4.78, 5) is 12.3. The zero-order valence-corrected chi connectivity index (χ0v) is 14.2. The minimum absolute atomic E-state index is 0.0732. The topological polar surface area (TPSA) is 91.6 Å². The van der Waals surface area contributed by atoms with Gasteiger partial charge in [-0.05, 0) is 49.4 Å². The second-order valence-corrected chi connectivity index (χ2v) is 5.19. The summed E-state index contributed by atoms with van der Waals surface area (Å²) in [6.07, 6.45) is 1.46. The number of nitrogens with zero attached hydrogens (tertiary/aromatic N) is 1. The van der Waals surface area contributed by atoms with E-state index in [1.807, 2.05) is 13.0 Å². The van der Waals surface area contributed by atoms with Crippen LogP contribution < -0.4 is 14.8 Å². The summed E-state index contributed by atoms with van der Waals surface area (Å²) in [6.45, 7) is 1.83. The van der Waals surface area contributed by atoms with Crippen molar-refractivity contribution in [2.24, 2.45) is 0 Å². The highest BCUT2D eigenvalue weighted by molar-refractivity contribution is 6.09. The number of amides is 1. The lowest BCUT2D eigenvalue weighted by Gasteiger charge is -2.12. The maximum absolute atomic E-state index is 12.3. The number of nitrogens with one attached hydrogen (secondary N) is 1. The van der Waals surface area contributed by atoms with Gasteiger partial charge in [0.05, 0.1) is 14.2 Å². The van der Waals surface area contributed by atoms with E-state index in [9.17, 15) is 15.2 Å². The van der Waals surface area contributed by atoms with E-state index in [1.165, 1.54) is 25.3 Å². The number of phenolic OH excluding ortho intramolecular Hbond substituents is 1. The number of phenols is 1. The molecule has 0 aliphatic carbocycles. The minimum Gasteiger partial charge on any atom is -0.508 e. The van der Waals surface area contributed by atoms with E-state index in [0.29, 0.717) is 22.7 Å². The number of carbonyl (C=O) groups is 1. The highest BCUT2D eigenvalue weighted by Gasteiger charge is 2.14. The van der Waals surface area contributed by atoms with Crippen molar-refractivity contribution in [2.75, 3.05) is 19.5 Å². The molecule has 0 atom stereocenters. The van der Waals surface area contributed by atoms with Crippen LogP contribution in [0.1, 0.15) is 11.1 Å². The van der Waals surface area contributed by atoms with Gasteiger partial charge >= 0.3 is 0 Å². The average molecular weight is 338 g/mol. The highest BCUT2D eigenvalue weighted by atomic mass is 16.5. The molecule has 0 aliphatic rings. The Morgan fingerprint density at radius 3 is 2.40 bits per heavy atom. The lowest BCUT2D eigenvalue weighted by molar-refractivity contribution is -0.112. The van der Waals surface area contributed by atoms with Crippen LogP contribution >= 0.6 is 0 Å². The summed E-state index contributed by atoms with van der Waals surface area (Å²) in [5, 5.41) is 21.2. The standard InChI is InChI=1S/C19H18N2O4/c1-12-17(24-2)9-4-13(18(12)25-3)10-14(11-20)19(23)21-15-5-7-16(22)8-6-15/h4-10,22H,1-3H3,(H,21,23)/b14-10-. The number of methoxy groups -OCH3 is 2. The van der Waals surface area contributed by atoms with Crippen LogP contribution in [0.2, 0.25) is 0 Å². The van der Waals surface area contributed by atoms with Gasteiger partial charge in [0.1, 0.15) is 28.9 Å². The minimum atomic E-state index is -0.552. The third-order valence-electron chi connectivity index (χ3n) is 3.60. The lowest BCUT2D eigenvalue weighted by atomic mass is 10.1. The van der Waals surface area contributed by atoms with Gasteiger partial charge in [0, 0.05) is 16.8 Å². The molecule has 0 aliphatic heterocycles. The SMILES string of the molecule is COc1ccc(/C=C(/C#N)C(=O)Nc2ccc(O)cc2)c(OC)c1C. The van der Waals surface area contributed by atoms with Gasteiger partial charge in [-0.2, -0.15) is 5.26 Å². The van der Waals surface area contributed by atoms with Crippen molar-refractivity contribution in [3.05, 3.63) is 53.1 Å². The number of aromatic hydroxyl groups is 1. The molecule has 0 heterocycles. The molecule has 0 unspecified atom stereocenters. The first-order chi connectivity index (χ1) is 12.0. The summed E-state index contributed by atoms with van der Waals surface area (Å²) in [5.74, 6) is 0.724. The van der Waals surface area contributed by atoms with E-state index < -0.39 is 5.91 Å². The van der Waals surface area contributed by atoms with E-state index >= 15 is 0 Å². The number of anilines is 1. The summed E-state index contributed by atoms with van der Waals surface area (Å²) < 4.78 is 10.6. The molecule has 0 saturated carbocycles. The molecule has 0 saturated heterocycles. The first-order valence-electron chi connectivity index (χ1n) is 7.44. The number of benzene rings is 2. The van der Waals surface area contributed by atoms with Gasteiger partial charge in [-0.15, -0.1) is 0 Å². The van der Waals surface area contributed by atoms with Crippen molar-refractivity contribution in [3.8, 4) is 23.3 Å². The molecule has 1 amide bonds. The monoisotopic (exact) mass is 338 g/mol. The summed E-state index contributed by atoms with van der Waals surface area (Å²) in [7, 11) is 3.07. The number of hydrogen-bond acceptors (Lipinski definition) is 5. The third-order valence-corrected chi connectivity index (χ3v) is 3.60. The maximum Gasteiger partial charge on any atom is 0.266 e. The van der Waals surface area contributed by atoms with Crippen molar-refractivity contribution >= 4 is 17.7 Å². The van der Waals surface area contributed by atoms with Crippen LogP contribution in [0.25, 0.3) is 6.08 Å². The molecule has 6 nitrogen and oxygen atoms in total. The van der Waals surface area contributed by atoms with Crippen LogP contribution in [0.15, 0.2) is 42.0 Å². The number of nitriles is 1. The van der Waals surface area contributed by atoms with Gasteiger partial charge < -0.3 is 19.9 Å². The van der Waals surface area contributed by atoms with E-state index in [1.54, 1.807) is 31.4 Å². The lowest BCUT2D eigenvalue weighted by Crippen LogP contribution is -2.13. The molecule has 2 aromatic rings. The van der Waals surface area contributed by atoms with Crippen LogP contribution in [0, 0.1) is 18.3 Å². The Kier molecular flexibility index (Phi) is 5.64. The molecule has 2 rings (SSSR count). The highest BCUT2D eigenvalue weighted by Crippen LogP contribution is 2.32. The first kappa shape index (κ1) is 17.9. The average Bonchev–Trinajstić information content (AvgIpc) is 2.61. The Labute approximate surface area is 145 Å². The molecule has 2 aromatic carbocycles. The second kappa shape index (κ2) is 7.88. The molecule has 2 N–H and O–H groups in total. The Hall–Kier alpha value is -3.46. The fourth-order valence-corrected chi connectivity index (χ4v) is 2.35. The smallest absolute Gasteiger partial charge is 0.266 e. The molecule has 25 heavy (non-hydrogen) atoms. The van der Waals surface area contributed by atoms with Crippen molar-refractivity contribution in [3.63, 3.8) is 0 Å². The van der Waals surface area contributed by atoms with Gasteiger partial charge in [-0.3, -0.25) is 4.79 Å². The molecular weight excluding hydrogens is 320 g/mol. The molecule has 6 heteroatoms. The van der Waals surface area contributed by atoms with Gasteiger partial charge in [-0.25, -0.2) is 0 Å². The molecule has 0 aromatic heterocycles. The van der Waals surface area contributed by atoms with Crippen LogP contribution in [-0.2, 0) is 4.79 Å². The second-order valence-electron chi connectivity index (χ2n) is 5.19. The molecular formula is C19H18N2O4. The summed E-state index contributed by atoms with van der Waals surface area (Å²) in [5.41, 5.74) is 1.77. The normalized spacial score (nSPS) is 10.7. The molecule has 0 radical (unpaired) electrons. The largest absolute Gasteiger partial charge is 0.508 e. The van der Waals surface area contributed by atoms with E-state index in [-0.39, 0.29) is 11.3 Å². The fourth-order valence-electron chi connectivity index (χ4n) is 2.35. The Morgan fingerprint density at radius 1 is 1.16 bits per heavy atom. The molecule has 0 fully saturated rings. The third kappa shape index (κ3) is 4.09. The van der Waals surface area contributed by atoms with E-state index in [0.717, 1.165) is 5.56 Å². The number of rotatable bonds is 5. The summed E-state index contributed by atoms with van der Waals surface area (Å²) in [6, 6.07) is 11.3. The molecule has 0 spiro atoms. The van der Waals surface area contributed by atoms with Gasteiger partial charge in [0.15, 0.2) is 0 Å². The zero-order valence-electron chi connectivity index (χ0n) is 14.2. The number of carbonyl (C=O) groups excluding carboxylic acids is 1. The first-order valence-corrected chi connectivity index (χ1v) is 7.44. The van der Waals surface area contributed by atoms with Crippen molar-refractivity contribution in [1.82, 2.24) is 0 Å². The van der Waals surface area contributed by atoms with Gasteiger partial charge in [-0.1, -0.05) is 0 Å². The van der Waals surface area contributed by atoms with Crippen molar-refractivity contribution in [2.45, 2.75) is 6.92 Å². The Morgan fingerprint density at radius 2 is 1.84 bits per heavy atom. The Balaban J connectivity index is 2.34. The van der Waals surface area contributed by atoms with Crippen molar-refractivity contribution in [1.29, 1.82) is 5.26 Å². The van der Waals surface area contributed by atoms with E-state index in [4.69, 9.17) is 9.47 Å². The van der Waals surface area contributed by atoms with E-state index in [2.05, 4.69) is 5.32 Å². The quantitative estimate of drug-likeness (QED) is 0.496. The van der Waals surface area contributed by atoms with Gasteiger partial charge in [0.25, 0.3) is 5.91 Å². The summed E-state index contributed by atoms with van der Waals surface area (Å²) >= 11 is 0. The predicted octanol–water partition coefficient (Wildman–Crippen LogP) is 3.26. The molecule has 0 bridgehead atoms. The molecule has 128 valence electrons. The maximum atomic E-state index is 12.3. The van der Waals surface area contributed by atoms with Crippen molar-refractivity contribution < 1.29 is 19.4 Å². The van der Waals surface area contributed by atoms with Crippen LogP contribution in [0.3, 0.4) is 0 Å². The fraction of sp³-hybridized carbons (Fsp3) is 0.158. The number of ether oxygens (including phenoxy) is 2. The number of hydrogen-bond donors (Lipinski definition) is 2. The Bertz CT molecular complexity index is 849. The zero-order chi connectivity index (χ0) is 18.4. The van der Waals surface area contributed by atoms with Crippen LogP contribution in [0.4, 0.5) is 5.69 Å². The predicted molar refractivity (Wildman–Crippen MR) is 94.6 cm³/mol. The van der Waals surface area contributed by atoms with Crippen LogP contribution in [-0.4, -0.2) is 25.2 Å². The van der Waals surface area contributed by atoms with Gasteiger partial charge in [0.2, 0.25) is 0 Å².